The summed E-state index contributed by atoms with van der Waals surface area (Å²) in [5.41, 5.74) is 4.70. The van der Waals surface area contributed by atoms with E-state index in [1.54, 1.807) is 49.5 Å². The first-order valence-electron chi connectivity index (χ1n) is 12.8. The van der Waals surface area contributed by atoms with Crippen molar-refractivity contribution in [3.8, 4) is 23.0 Å². The van der Waals surface area contributed by atoms with E-state index in [0.717, 1.165) is 34.0 Å². The summed E-state index contributed by atoms with van der Waals surface area (Å²) < 4.78 is 28.8. The lowest BCUT2D eigenvalue weighted by Gasteiger charge is -2.31. The zero-order valence-electron chi connectivity index (χ0n) is 22.3. The molecule has 202 valence electrons. The zero-order valence-corrected chi connectivity index (χ0v) is 22.3. The van der Waals surface area contributed by atoms with Crippen molar-refractivity contribution in [2.45, 2.75) is 19.5 Å². The number of amides is 2. The summed E-state index contributed by atoms with van der Waals surface area (Å²) in [4.78, 5) is 15.9. The van der Waals surface area contributed by atoms with Gasteiger partial charge in [-0.1, -0.05) is 30.3 Å². The Morgan fingerprint density at radius 1 is 0.975 bits per heavy atom. The predicted octanol–water partition coefficient (Wildman–Crippen LogP) is 6.26. The lowest BCUT2D eigenvalue weighted by atomic mass is 10.0. The second kappa shape index (κ2) is 10.3. The number of ether oxygens (including phenoxy) is 2. The largest absolute Gasteiger partial charge is 0.497 e. The maximum Gasteiger partial charge on any atom is 0.323 e. The molecule has 1 aliphatic rings. The van der Waals surface area contributed by atoms with E-state index in [-0.39, 0.29) is 18.4 Å². The monoisotopic (exact) mass is 537 g/mol. The van der Waals surface area contributed by atoms with E-state index in [9.17, 15) is 9.18 Å². The van der Waals surface area contributed by atoms with Gasteiger partial charge >= 0.3 is 6.03 Å². The molecule has 9 heteroatoms. The Morgan fingerprint density at radius 2 is 1.75 bits per heavy atom. The number of aryl methyl sites for hydroxylation is 1. The van der Waals surface area contributed by atoms with Crippen molar-refractivity contribution in [1.29, 1.82) is 0 Å². The maximum atomic E-state index is 14.2. The topological polar surface area (TPSA) is 73.6 Å². The Hall–Kier alpha value is -5.05. The first-order chi connectivity index (χ1) is 19.5. The van der Waals surface area contributed by atoms with E-state index in [1.807, 2.05) is 60.3 Å². The van der Waals surface area contributed by atoms with Gasteiger partial charge in [0.1, 0.15) is 23.1 Å². The summed E-state index contributed by atoms with van der Waals surface area (Å²) in [7, 11) is 3.11. The molecule has 0 bridgehead atoms. The summed E-state index contributed by atoms with van der Waals surface area (Å²) in [6, 6.07) is 24.4. The van der Waals surface area contributed by atoms with E-state index < -0.39 is 6.04 Å². The van der Waals surface area contributed by atoms with E-state index >= 15 is 0 Å². The number of fused-ring (bicyclic) bond motifs is 3. The molecule has 1 atom stereocenters. The molecule has 0 fully saturated rings. The van der Waals surface area contributed by atoms with Crippen LogP contribution in [0.1, 0.15) is 28.6 Å². The van der Waals surface area contributed by atoms with E-state index in [0.29, 0.717) is 17.2 Å². The number of nitrogens with zero attached hydrogens (tertiary/aromatic N) is 4. The van der Waals surface area contributed by atoms with Crippen LogP contribution in [0.2, 0.25) is 0 Å². The fraction of sp³-hybridized carbons (Fsp3) is 0.161. The number of carbonyl (C=O) groups excluding carboxylic acids is 1. The summed E-state index contributed by atoms with van der Waals surface area (Å²) >= 11 is 0. The molecule has 1 aliphatic heterocycles. The number of hydrogen-bond acceptors (Lipinski definition) is 4. The summed E-state index contributed by atoms with van der Waals surface area (Å²) in [6.45, 7) is 2.21. The van der Waals surface area contributed by atoms with Crippen LogP contribution in [0.25, 0.3) is 11.5 Å². The van der Waals surface area contributed by atoms with Crippen LogP contribution in [-0.2, 0) is 6.54 Å². The van der Waals surface area contributed by atoms with Crippen molar-refractivity contribution in [2.75, 3.05) is 19.5 Å². The van der Waals surface area contributed by atoms with Crippen LogP contribution in [0.3, 0.4) is 0 Å². The van der Waals surface area contributed by atoms with Crippen LogP contribution < -0.4 is 14.8 Å². The number of methoxy groups -OCH3 is 2. The van der Waals surface area contributed by atoms with Crippen molar-refractivity contribution >= 4 is 11.7 Å². The van der Waals surface area contributed by atoms with Crippen LogP contribution in [0.5, 0.6) is 11.5 Å². The second-order valence-corrected chi connectivity index (χ2v) is 9.52. The molecule has 0 saturated carbocycles. The average molecular weight is 538 g/mol. The molecule has 2 amide bonds. The van der Waals surface area contributed by atoms with Crippen molar-refractivity contribution in [2.24, 2.45) is 0 Å². The molecular formula is C31H28FN5O3. The number of urea groups is 1. The van der Waals surface area contributed by atoms with Gasteiger partial charge in [-0.3, -0.25) is 0 Å². The third-order valence-electron chi connectivity index (χ3n) is 7.18. The van der Waals surface area contributed by atoms with Gasteiger partial charge in [0.05, 0.1) is 49.6 Å². The van der Waals surface area contributed by atoms with E-state index in [4.69, 9.17) is 14.6 Å². The van der Waals surface area contributed by atoms with Gasteiger partial charge in [0.2, 0.25) is 0 Å². The van der Waals surface area contributed by atoms with Crippen LogP contribution in [0.15, 0.2) is 91.1 Å². The molecule has 1 N–H and O–H groups in total. The Labute approximate surface area is 231 Å². The van der Waals surface area contributed by atoms with Crippen LogP contribution >= 0.6 is 0 Å². The number of para-hydroxylation sites is 1. The predicted molar refractivity (Wildman–Crippen MR) is 150 cm³/mol. The summed E-state index contributed by atoms with van der Waals surface area (Å²) in [5.74, 6) is 1.59. The highest BCUT2D eigenvalue weighted by Crippen LogP contribution is 2.39. The highest BCUT2D eigenvalue weighted by Gasteiger charge is 2.36. The van der Waals surface area contributed by atoms with Gasteiger partial charge in [-0.15, -0.1) is 0 Å². The molecule has 0 saturated heterocycles. The molecule has 0 radical (unpaired) electrons. The summed E-state index contributed by atoms with van der Waals surface area (Å²) in [6.07, 6.45) is 1.97. The third-order valence-corrected chi connectivity index (χ3v) is 7.18. The van der Waals surface area contributed by atoms with Crippen molar-refractivity contribution < 1.29 is 18.7 Å². The molecule has 40 heavy (non-hydrogen) atoms. The van der Waals surface area contributed by atoms with E-state index in [1.165, 1.54) is 12.1 Å². The van der Waals surface area contributed by atoms with Gasteiger partial charge in [-0.05, 0) is 61.0 Å². The van der Waals surface area contributed by atoms with E-state index in [2.05, 4.69) is 9.88 Å². The van der Waals surface area contributed by atoms with Crippen molar-refractivity contribution in [3.63, 3.8) is 0 Å². The first-order valence-corrected chi connectivity index (χ1v) is 12.8. The number of carbonyl (C=O) groups is 1. The standard InChI is InChI=1S/C31H28FN5O3/c1-20-25-19-36(31(38)33-26-18-24(39-2)15-16-28(26)40-3)29(21-11-13-22(32)14-12-21)27-10-7-17-35(27)30(25)37(34-20)23-8-5-4-6-9-23/h4-18,29H,19H2,1-3H3,(H,33,38). The normalized spacial score (nSPS) is 14.2. The fourth-order valence-electron chi connectivity index (χ4n) is 5.24. The highest BCUT2D eigenvalue weighted by molar-refractivity contribution is 5.92. The lowest BCUT2D eigenvalue weighted by Crippen LogP contribution is -2.38. The number of benzene rings is 3. The quantitative estimate of drug-likeness (QED) is 0.287. The molecule has 3 heterocycles. The molecule has 0 spiro atoms. The van der Waals surface area contributed by atoms with Gasteiger partial charge in [-0.25, -0.2) is 13.9 Å². The van der Waals surface area contributed by atoms with Gasteiger partial charge in [0, 0.05) is 17.8 Å². The smallest absolute Gasteiger partial charge is 0.323 e. The van der Waals surface area contributed by atoms with Crippen LogP contribution in [0.4, 0.5) is 14.9 Å². The lowest BCUT2D eigenvalue weighted by molar-refractivity contribution is 0.194. The van der Waals surface area contributed by atoms with Crippen molar-refractivity contribution in [3.05, 3.63) is 119 Å². The molecule has 3 aromatic carbocycles. The molecule has 8 nitrogen and oxygen atoms in total. The molecule has 5 aromatic rings. The number of aromatic nitrogens is 3. The minimum absolute atomic E-state index is 0.260. The van der Waals surface area contributed by atoms with Crippen molar-refractivity contribution in [1.82, 2.24) is 19.2 Å². The van der Waals surface area contributed by atoms with Crippen LogP contribution in [-0.4, -0.2) is 39.5 Å². The van der Waals surface area contributed by atoms with Gasteiger partial charge in [-0.2, -0.15) is 5.10 Å². The van der Waals surface area contributed by atoms with Gasteiger partial charge < -0.3 is 24.3 Å². The Bertz CT molecular complexity index is 1680. The molecule has 2 aromatic heterocycles. The minimum Gasteiger partial charge on any atom is -0.497 e. The van der Waals surface area contributed by atoms with Gasteiger partial charge in [0.25, 0.3) is 0 Å². The highest BCUT2D eigenvalue weighted by atomic mass is 19.1. The average Bonchev–Trinajstić information content (AvgIpc) is 3.54. The van der Waals surface area contributed by atoms with Crippen LogP contribution in [0, 0.1) is 12.7 Å². The zero-order chi connectivity index (χ0) is 27.8. The fourth-order valence-corrected chi connectivity index (χ4v) is 5.24. The number of nitrogens with one attached hydrogen (secondary N) is 1. The molecular weight excluding hydrogens is 509 g/mol. The van der Waals surface area contributed by atoms with Gasteiger partial charge in [0.15, 0.2) is 0 Å². The minimum atomic E-state index is -0.525. The number of anilines is 1. The molecule has 1 unspecified atom stereocenters. The summed E-state index contributed by atoms with van der Waals surface area (Å²) in [5, 5.41) is 7.90. The number of halogens is 1. The first kappa shape index (κ1) is 25.2. The Balaban J connectivity index is 1.52. The second-order valence-electron chi connectivity index (χ2n) is 9.52. The SMILES string of the molecule is COc1ccc(OC)c(NC(=O)N2Cc3c(C)nn(-c4ccccc4)c3-n3cccc3C2c2ccc(F)cc2)c1. The maximum absolute atomic E-state index is 14.2. The molecule has 0 aliphatic carbocycles. The third kappa shape index (κ3) is 4.35. The Morgan fingerprint density at radius 3 is 2.48 bits per heavy atom. The molecule has 6 rings (SSSR count). The number of hydrogen-bond donors (Lipinski definition) is 1. The number of rotatable bonds is 5. The Kier molecular flexibility index (Phi) is 6.47.